The van der Waals surface area contributed by atoms with Crippen LogP contribution in [0.15, 0.2) is 47.4 Å². The summed E-state index contributed by atoms with van der Waals surface area (Å²) in [5.41, 5.74) is 0.303. The van der Waals surface area contributed by atoms with E-state index >= 15 is 0 Å². The first kappa shape index (κ1) is 22.6. The number of hydrogen-bond donors (Lipinski definition) is 0. The zero-order chi connectivity index (χ0) is 22.9. The van der Waals surface area contributed by atoms with Crippen molar-refractivity contribution in [3.63, 3.8) is 0 Å². The van der Waals surface area contributed by atoms with E-state index in [-0.39, 0.29) is 16.0 Å². The van der Waals surface area contributed by atoms with E-state index in [1.807, 2.05) is 0 Å². The van der Waals surface area contributed by atoms with Crippen molar-refractivity contribution in [3.8, 4) is 0 Å². The molecular formula is C21H20FNO7S. The molecule has 8 nitrogen and oxygen atoms in total. The molecule has 1 atom stereocenters. The molecular weight excluding hydrogens is 429 g/mol. The average molecular weight is 449 g/mol. The van der Waals surface area contributed by atoms with Gasteiger partial charge in [0.25, 0.3) is 0 Å². The molecule has 0 aliphatic carbocycles. The number of hydrogen-bond acceptors (Lipinski definition) is 7. The molecule has 0 amide bonds. The van der Waals surface area contributed by atoms with Gasteiger partial charge in [-0.1, -0.05) is 29.8 Å². The number of sulfonamides is 1. The number of rotatable bonds is 5. The second kappa shape index (κ2) is 8.56. The number of methoxy groups -OCH3 is 2. The highest BCUT2D eigenvalue weighted by atomic mass is 32.2. The zero-order valence-electron chi connectivity index (χ0n) is 17.0. The summed E-state index contributed by atoms with van der Waals surface area (Å²) in [5, 5.41) is 0. The fourth-order valence-corrected chi connectivity index (χ4v) is 5.13. The molecule has 1 heterocycles. The maximum absolute atomic E-state index is 14.9. The van der Waals surface area contributed by atoms with Crippen LogP contribution in [0, 0.1) is 18.7 Å². The van der Waals surface area contributed by atoms with Gasteiger partial charge in [0.1, 0.15) is 5.82 Å². The predicted octanol–water partition coefficient (Wildman–Crippen LogP) is 2.02. The van der Waals surface area contributed by atoms with Gasteiger partial charge in [0.05, 0.1) is 31.7 Å². The molecule has 2 aromatic rings. The molecule has 164 valence electrons. The monoisotopic (exact) mass is 449 g/mol. The Morgan fingerprint density at radius 2 is 1.65 bits per heavy atom. The normalized spacial score (nSPS) is 16.7. The van der Waals surface area contributed by atoms with Gasteiger partial charge in [-0.3, -0.25) is 14.4 Å². The van der Waals surface area contributed by atoms with Gasteiger partial charge in [-0.25, -0.2) is 12.8 Å². The van der Waals surface area contributed by atoms with Gasteiger partial charge in [0.15, 0.2) is 11.7 Å². The van der Waals surface area contributed by atoms with Crippen molar-refractivity contribution in [1.82, 2.24) is 4.31 Å². The highest BCUT2D eigenvalue weighted by Crippen LogP contribution is 2.41. The fourth-order valence-electron chi connectivity index (χ4n) is 3.57. The summed E-state index contributed by atoms with van der Waals surface area (Å²) in [6, 6.07) is 7.71. The van der Waals surface area contributed by atoms with E-state index in [1.54, 1.807) is 19.1 Å². The lowest BCUT2D eigenvalue weighted by atomic mass is 9.85. The Balaban J connectivity index is 2.30. The molecule has 0 saturated carbocycles. The van der Waals surface area contributed by atoms with Crippen LogP contribution in [0.1, 0.15) is 27.5 Å². The van der Waals surface area contributed by atoms with E-state index in [4.69, 9.17) is 0 Å². The number of ether oxygens (including phenoxy) is 2. The molecule has 2 aromatic carbocycles. The molecule has 1 aliphatic heterocycles. The minimum absolute atomic E-state index is 0.113. The number of Topliss-reactive ketones (excluding diaryl/α,β-unsaturated/α-hetero) is 1. The molecule has 1 unspecified atom stereocenters. The number of benzene rings is 2. The Morgan fingerprint density at radius 3 is 2.19 bits per heavy atom. The minimum atomic E-state index is -4.42. The molecule has 0 saturated heterocycles. The highest BCUT2D eigenvalue weighted by molar-refractivity contribution is 7.89. The van der Waals surface area contributed by atoms with E-state index in [9.17, 15) is 27.2 Å². The number of nitrogens with zero attached hydrogens (tertiary/aromatic N) is 1. The fraction of sp³-hybridized carbons (Fsp3) is 0.286. The summed E-state index contributed by atoms with van der Waals surface area (Å²) in [7, 11) is -2.40. The first-order chi connectivity index (χ1) is 14.6. The van der Waals surface area contributed by atoms with E-state index in [0.29, 0.717) is 4.31 Å². The minimum Gasteiger partial charge on any atom is -0.468 e. The Hall–Kier alpha value is -3.11. The first-order valence-corrected chi connectivity index (χ1v) is 10.6. The largest absolute Gasteiger partial charge is 0.468 e. The van der Waals surface area contributed by atoms with E-state index < -0.39 is 52.1 Å². The van der Waals surface area contributed by atoms with E-state index in [2.05, 4.69) is 9.47 Å². The molecule has 0 N–H and O–H groups in total. The van der Waals surface area contributed by atoms with Gasteiger partial charge in [-0.2, -0.15) is 4.31 Å². The maximum atomic E-state index is 14.9. The second-order valence-electron chi connectivity index (χ2n) is 6.96. The molecule has 0 bridgehead atoms. The molecule has 0 radical (unpaired) electrons. The highest BCUT2D eigenvalue weighted by Gasteiger charge is 2.50. The van der Waals surface area contributed by atoms with Crippen molar-refractivity contribution in [2.24, 2.45) is 5.92 Å². The summed E-state index contributed by atoms with van der Waals surface area (Å²) in [5.74, 6) is -5.69. The molecule has 1 aliphatic rings. The van der Waals surface area contributed by atoms with Crippen LogP contribution in [-0.4, -0.2) is 51.2 Å². The van der Waals surface area contributed by atoms with Crippen LogP contribution in [0.3, 0.4) is 0 Å². The van der Waals surface area contributed by atoms with Crippen LogP contribution < -0.4 is 0 Å². The Bertz CT molecular complexity index is 1130. The number of carbonyl (C=O) groups excluding carboxylic acids is 3. The van der Waals surface area contributed by atoms with E-state index in [1.165, 1.54) is 24.3 Å². The zero-order valence-corrected chi connectivity index (χ0v) is 17.8. The molecule has 31 heavy (non-hydrogen) atoms. The van der Waals surface area contributed by atoms with Crippen LogP contribution in [0.4, 0.5) is 4.39 Å². The smallest absolute Gasteiger partial charge is 0.322 e. The van der Waals surface area contributed by atoms with Gasteiger partial charge in [0.2, 0.25) is 10.0 Å². The number of fused-ring (bicyclic) bond motifs is 1. The summed E-state index contributed by atoms with van der Waals surface area (Å²) in [6.07, 6.45) is 0. The third-order valence-corrected chi connectivity index (χ3v) is 6.95. The van der Waals surface area contributed by atoms with Gasteiger partial charge in [0, 0.05) is 11.1 Å². The summed E-state index contributed by atoms with van der Waals surface area (Å²) in [6.45, 7) is 1.07. The summed E-state index contributed by atoms with van der Waals surface area (Å²) < 4.78 is 51.9. The molecule has 10 heteroatoms. The standard InChI is InChI=1S/C21H20FNO7S/c1-12-7-9-13(10-8-12)31(27,28)23-11-16(24)14-5-4-6-15(22)17(14)19(23)18(20(25)29-2)21(26)30-3/h4-10,18-19H,11H2,1-3H3. The quantitative estimate of drug-likeness (QED) is 0.508. The van der Waals surface area contributed by atoms with Crippen molar-refractivity contribution in [2.75, 3.05) is 20.8 Å². The maximum Gasteiger partial charge on any atom is 0.322 e. The number of carbonyl (C=O) groups is 3. The molecule has 0 spiro atoms. The lowest BCUT2D eigenvalue weighted by Crippen LogP contribution is -2.50. The Labute approximate surface area is 178 Å². The third kappa shape index (κ3) is 3.96. The van der Waals surface area contributed by atoms with Crippen molar-refractivity contribution < 1.29 is 36.7 Å². The second-order valence-corrected chi connectivity index (χ2v) is 8.85. The number of halogens is 1. The van der Waals surface area contributed by atoms with Crippen LogP contribution in [0.2, 0.25) is 0 Å². The Morgan fingerprint density at radius 1 is 1.06 bits per heavy atom. The Kier molecular flexibility index (Phi) is 6.23. The number of esters is 2. The van der Waals surface area contributed by atoms with Crippen molar-refractivity contribution in [1.29, 1.82) is 0 Å². The predicted molar refractivity (Wildman–Crippen MR) is 106 cm³/mol. The van der Waals surface area contributed by atoms with Crippen LogP contribution in [-0.2, 0) is 29.1 Å². The summed E-state index contributed by atoms with van der Waals surface area (Å²) >= 11 is 0. The van der Waals surface area contributed by atoms with Crippen molar-refractivity contribution in [3.05, 3.63) is 65.0 Å². The lowest BCUT2D eigenvalue weighted by molar-refractivity contribution is -0.161. The van der Waals surface area contributed by atoms with Crippen molar-refractivity contribution >= 4 is 27.7 Å². The number of ketones is 1. The topological polar surface area (TPSA) is 107 Å². The van der Waals surface area contributed by atoms with Crippen LogP contribution in [0.5, 0.6) is 0 Å². The summed E-state index contributed by atoms with van der Waals surface area (Å²) in [4.78, 5) is 37.6. The average Bonchev–Trinajstić information content (AvgIpc) is 2.75. The molecule has 0 aromatic heterocycles. The number of aryl methyl sites for hydroxylation is 1. The lowest BCUT2D eigenvalue weighted by Gasteiger charge is -2.38. The van der Waals surface area contributed by atoms with Gasteiger partial charge in [-0.05, 0) is 25.1 Å². The first-order valence-electron chi connectivity index (χ1n) is 9.19. The molecule has 0 fully saturated rings. The van der Waals surface area contributed by atoms with E-state index in [0.717, 1.165) is 25.8 Å². The van der Waals surface area contributed by atoms with Crippen molar-refractivity contribution in [2.45, 2.75) is 17.9 Å². The van der Waals surface area contributed by atoms with Gasteiger partial charge < -0.3 is 9.47 Å². The molecule has 3 rings (SSSR count). The third-order valence-electron chi connectivity index (χ3n) is 5.11. The van der Waals surface area contributed by atoms with Gasteiger partial charge >= 0.3 is 11.9 Å². The SMILES string of the molecule is COC(=O)C(C(=O)OC)C1c2c(F)cccc2C(=O)CN1S(=O)(=O)c1ccc(C)cc1. The van der Waals surface area contributed by atoms with Crippen LogP contribution >= 0.6 is 0 Å². The van der Waals surface area contributed by atoms with Gasteiger partial charge in [-0.15, -0.1) is 0 Å². The van der Waals surface area contributed by atoms with Crippen LogP contribution in [0.25, 0.3) is 0 Å².